The molecule has 0 atom stereocenters. The van der Waals surface area contributed by atoms with Gasteiger partial charge in [-0.1, -0.05) is 36.4 Å². The molecule has 0 fully saturated rings. The second-order valence-corrected chi connectivity index (χ2v) is 6.46. The van der Waals surface area contributed by atoms with E-state index in [1.165, 1.54) is 5.56 Å². The van der Waals surface area contributed by atoms with Crippen molar-refractivity contribution in [3.63, 3.8) is 0 Å². The molecule has 0 aromatic heterocycles. The first kappa shape index (κ1) is 19.4. The second kappa shape index (κ2) is 9.04. The van der Waals surface area contributed by atoms with Crippen LogP contribution in [0, 0.1) is 13.8 Å². The van der Waals surface area contributed by atoms with Crippen LogP contribution < -0.4 is 14.9 Å². The summed E-state index contributed by atoms with van der Waals surface area (Å²) in [5.41, 5.74) is 5.64. The highest BCUT2D eigenvalue weighted by Gasteiger charge is 2.07. The lowest BCUT2D eigenvalue weighted by Gasteiger charge is -2.10. The fourth-order valence-corrected chi connectivity index (χ4v) is 2.84. The molecule has 3 aromatic rings. The predicted octanol–water partition coefficient (Wildman–Crippen LogP) is 4.38. The average molecular weight is 376 g/mol. The van der Waals surface area contributed by atoms with Gasteiger partial charge in [0.15, 0.2) is 6.61 Å². The smallest absolute Gasteiger partial charge is 0.277 e. The standard InChI is InChI=1S/C23H24N2O3/c1-4-27-22-12-10-18-7-5-6-8-20(18)21(22)14-24-25-23(26)15-28-19-11-9-16(2)17(3)13-19/h5-14H,4,15H2,1-3H3,(H,25,26)/b24-14-. The van der Waals surface area contributed by atoms with E-state index in [1.807, 2.05) is 75.4 Å². The van der Waals surface area contributed by atoms with Gasteiger partial charge in [-0.3, -0.25) is 4.79 Å². The van der Waals surface area contributed by atoms with Crippen LogP contribution in [0.2, 0.25) is 0 Å². The lowest BCUT2D eigenvalue weighted by molar-refractivity contribution is -0.123. The van der Waals surface area contributed by atoms with Gasteiger partial charge in [-0.25, -0.2) is 5.43 Å². The molecule has 3 rings (SSSR count). The maximum atomic E-state index is 12.1. The zero-order valence-electron chi connectivity index (χ0n) is 16.4. The molecule has 144 valence electrons. The van der Waals surface area contributed by atoms with E-state index in [1.54, 1.807) is 6.21 Å². The highest BCUT2D eigenvalue weighted by atomic mass is 16.5. The summed E-state index contributed by atoms with van der Waals surface area (Å²) in [5.74, 6) is 1.06. The van der Waals surface area contributed by atoms with E-state index < -0.39 is 0 Å². The van der Waals surface area contributed by atoms with Gasteiger partial charge in [-0.2, -0.15) is 5.10 Å². The molecule has 1 amide bonds. The van der Waals surface area contributed by atoms with Gasteiger partial charge in [0, 0.05) is 5.56 Å². The quantitative estimate of drug-likeness (QED) is 0.492. The summed E-state index contributed by atoms with van der Waals surface area (Å²) in [6.07, 6.45) is 1.61. The van der Waals surface area contributed by atoms with Crippen molar-refractivity contribution < 1.29 is 14.3 Å². The Kier molecular flexibility index (Phi) is 6.27. The Labute approximate surface area is 165 Å². The van der Waals surface area contributed by atoms with Crippen molar-refractivity contribution in [2.75, 3.05) is 13.2 Å². The molecule has 0 aliphatic carbocycles. The number of benzene rings is 3. The van der Waals surface area contributed by atoms with Gasteiger partial charge in [-0.05, 0) is 60.9 Å². The Morgan fingerprint density at radius 1 is 1.04 bits per heavy atom. The van der Waals surface area contributed by atoms with Crippen molar-refractivity contribution in [1.82, 2.24) is 5.43 Å². The Balaban J connectivity index is 1.67. The monoisotopic (exact) mass is 376 g/mol. The van der Waals surface area contributed by atoms with Crippen LogP contribution >= 0.6 is 0 Å². The summed E-state index contributed by atoms with van der Waals surface area (Å²) in [6.45, 7) is 6.42. The minimum atomic E-state index is -0.326. The number of amides is 1. The van der Waals surface area contributed by atoms with E-state index in [2.05, 4.69) is 10.5 Å². The molecule has 5 nitrogen and oxygen atoms in total. The highest BCUT2D eigenvalue weighted by molar-refractivity contribution is 6.02. The molecule has 28 heavy (non-hydrogen) atoms. The number of fused-ring (bicyclic) bond motifs is 1. The van der Waals surface area contributed by atoms with Crippen molar-refractivity contribution in [3.8, 4) is 11.5 Å². The van der Waals surface area contributed by atoms with Crippen LogP contribution in [0.3, 0.4) is 0 Å². The number of aryl methyl sites for hydroxylation is 2. The van der Waals surface area contributed by atoms with Crippen molar-refractivity contribution in [2.24, 2.45) is 5.10 Å². The van der Waals surface area contributed by atoms with E-state index in [9.17, 15) is 4.79 Å². The van der Waals surface area contributed by atoms with Crippen LogP contribution in [0.25, 0.3) is 10.8 Å². The van der Waals surface area contributed by atoms with Crippen LogP contribution in [0.4, 0.5) is 0 Å². The van der Waals surface area contributed by atoms with E-state index in [0.29, 0.717) is 12.4 Å². The predicted molar refractivity (Wildman–Crippen MR) is 112 cm³/mol. The highest BCUT2D eigenvalue weighted by Crippen LogP contribution is 2.26. The largest absolute Gasteiger partial charge is 0.493 e. The number of hydrogen-bond acceptors (Lipinski definition) is 4. The molecule has 0 aliphatic heterocycles. The molecule has 0 heterocycles. The topological polar surface area (TPSA) is 59.9 Å². The summed E-state index contributed by atoms with van der Waals surface area (Å²) in [7, 11) is 0. The van der Waals surface area contributed by atoms with Gasteiger partial charge in [-0.15, -0.1) is 0 Å². The third-order valence-electron chi connectivity index (χ3n) is 4.46. The second-order valence-electron chi connectivity index (χ2n) is 6.46. The van der Waals surface area contributed by atoms with Crippen molar-refractivity contribution in [3.05, 3.63) is 71.3 Å². The summed E-state index contributed by atoms with van der Waals surface area (Å²) >= 11 is 0. The lowest BCUT2D eigenvalue weighted by atomic mass is 10.0. The van der Waals surface area contributed by atoms with Crippen LogP contribution in [-0.2, 0) is 4.79 Å². The van der Waals surface area contributed by atoms with Crippen LogP contribution in [0.5, 0.6) is 11.5 Å². The maximum absolute atomic E-state index is 12.1. The van der Waals surface area contributed by atoms with Crippen LogP contribution in [-0.4, -0.2) is 25.3 Å². The first-order chi connectivity index (χ1) is 13.6. The Morgan fingerprint density at radius 2 is 1.86 bits per heavy atom. The van der Waals surface area contributed by atoms with E-state index in [-0.39, 0.29) is 12.5 Å². The van der Waals surface area contributed by atoms with Gasteiger partial charge >= 0.3 is 0 Å². The van der Waals surface area contributed by atoms with Crippen molar-refractivity contribution in [1.29, 1.82) is 0 Å². The number of rotatable bonds is 7. The molecule has 0 bridgehead atoms. The molecule has 0 saturated carbocycles. The van der Waals surface area contributed by atoms with Crippen molar-refractivity contribution >= 4 is 22.9 Å². The molecule has 0 saturated heterocycles. The minimum absolute atomic E-state index is 0.103. The minimum Gasteiger partial charge on any atom is -0.493 e. The number of nitrogens with one attached hydrogen (secondary N) is 1. The zero-order chi connectivity index (χ0) is 19.9. The molecule has 5 heteroatoms. The number of carbonyl (C=O) groups excluding carboxylic acids is 1. The third kappa shape index (κ3) is 4.68. The maximum Gasteiger partial charge on any atom is 0.277 e. The molecule has 0 spiro atoms. The summed E-state index contributed by atoms with van der Waals surface area (Å²) < 4.78 is 11.2. The van der Waals surface area contributed by atoms with E-state index in [0.717, 1.165) is 27.6 Å². The number of hydrogen-bond donors (Lipinski definition) is 1. The molecular weight excluding hydrogens is 352 g/mol. The number of hydrazone groups is 1. The lowest BCUT2D eigenvalue weighted by Crippen LogP contribution is -2.24. The Bertz CT molecular complexity index is 1010. The number of ether oxygens (including phenoxy) is 2. The summed E-state index contributed by atoms with van der Waals surface area (Å²) in [6, 6.07) is 17.6. The first-order valence-electron chi connectivity index (χ1n) is 9.25. The fourth-order valence-electron chi connectivity index (χ4n) is 2.84. The molecule has 1 N–H and O–H groups in total. The van der Waals surface area contributed by atoms with E-state index >= 15 is 0 Å². The number of nitrogens with zero attached hydrogens (tertiary/aromatic N) is 1. The van der Waals surface area contributed by atoms with Gasteiger partial charge in [0.2, 0.25) is 0 Å². The van der Waals surface area contributed by atoms with Gasteiger partial charge in [0.05, 0.1) is 12.8 Å². The van der Waals surface area contributed by atoms with Crippen LogP contribution in [0.15, 0.2) is 59.7 Å². The summed E-state index contributed by atoms with van der Waals surface area (Å²) in [4.78, 5) is 12.1. The molecule has 0 unspecified atom stereocenters. The first-order valence-corrected chi connectivity index (χ1v) is 9.25. The normalized spacial score (nSPS) is 11.0. The zero-order valence-corrected chi connectivity index (χ0v) is 16.4. The molecule has 3 aromatic carbocycles. The molecule has 0 aliphatic rings. The van der Waals surface area contributed by atoms with Crippen LogP contribution in [0.1, 0.15) is 23.6 Å². The van der Waals surface area contributed by atoms with E-state index in [4.69, 9.17) is 9.47 Å². The molecule has 0 radical (unpaired) electrons. The molecular formula is C23H24N2O3. The van der Waals surface area contributed by atoms with Gasteiger partial charge < -0.3 is 9.47 Å². The van der Waals surface area contributed by atoms with Gasteiger partial charge in [0.25, 0.3) is 5.91 Å². The fraction of sp³-hybridized carbons (Fsp3) is 0.217. The Hall–Kier alpha value is -3.34. The third-order valence-corrected chi connectivity index (χ3v) is 4.46. The number of carbonyl (C=O) groups is 1. The van der Waals surface area contributed by atoms with Gasteiger partial charge in [0.1, 0.15) is 11.5 Å². The average Bonchev–Trinajstić information content (AvgIpc) is 2.70. The SMILES string of the molecule is CCOc1ccc2ccccc2c1/C=N\NC(=O)COc1ccc(C)c(C)c1. The Morgan fingerprint density at radius 3 is 2.64 bits per heavy atom. The summed E-state index contributed by atoms with van der Waals surface area (Å²) in [5, 5.41) is 6.19. The van der Waals surface area contributed by atoms with Crippen molar-refractivity contribution in [2.45, 2.75) is 20.8 Å².